The monoisotopic (exact) mass is 269 g/mol. The predicted molar refractivity (Wildman–Crippen MR) is 76.4 cm³/mol. The Labute approximate surface area is 116 Å². The molecule has 0 bridgehead atoms. The van der Waals surface area contributed by atoms with Crippen molar-refractivity contribution in [2.75, 3.05) is 0 Å². The van der Waals surface area contributed by atoms with E-state index in [9.17, 15) is 4.79 Å². The van der Waals surface area contributed by atoms with E-state index in [-0.39, 0.29) is 0 Å². The van der Waals surface area contributed by atoms with Crippen LogP contribution in [0.25, 0.3) is 0 Å². The number of azo groups is 1. The van der Waals surface area contributed by atoms with Crippen LogP contribution in [0.1, 0.15) is 5.56 Å². The lowest BCUT2D eigenvalue weighted by molar-refractivity contribution is -0.138. The van der Waals surface area contributed by atoms with Gasteiger partial charge >= 0.3 is 5.97 Å². The van der Waals surface area contributed by atoms with Crippen LogP contribution >= 0.6 is 0 Å². The molecule has 3 N–H and O–H groups in total. The zero-order valence-corrected chi connectivity index (χ0v) is 10.8. The summed E-state index contributed by atoms with van der Waals surface area (Å²) in [6.45, 7) is 0. The Morgan fingerprint density at radius 2 is 1.55 bits per heavy atom. The number of rotatable bonds is 5. The molecule has 5 heteroatoms. The molecule has 0 aliphatic heterocycles. The first kappa shape index (κ1) is 13.9. The van der Waals surface area contributed by atoms with Gasteiger partial charge in [0.2, 0.25) is 0 Å². The molecule has 0 fully saturated rings. The van der Waals surface area contributed by atoms with Crippen molar-refractivity contribution in [2.45, 2.75) is 12.5 Å². The smallest absolute Gasteiger partial charge is 0.320 e. The number of benzene rings is 2. The molecule has 0 spiro atoms. The number of carboxylic acid groups (broad SMARTS) is 1. The first-order chi connectivity index (χ1) is 9.65. The molecule has 102 valence electrons. The molecule has 0 amide bonds. The van der Waals surface area contributed by atoms with Gasteiger partial charge in [0.05, 0.1) is 11.4 Å². The highest BCUT2D eigenvalue weighted by atomic mass is 16.4. The summed E-state index contributed by atoms with van der Waals surface area (Å²) < 4.78 is 0. The van der Waals surface area contributed by atoms with Crippen LogP contribution < -0.4 is 5.73 Å². The zero-order chi connectivity index (χ0) is 14.4. The summed E-state index contributed by atoms with van der Waals surface area (Å²) in [5.74, 6) is -1.00. The third-order valence-corrected chi connectivity index (χ3v) is 2.75. The minimum Gasteiger partial charge on any atom is -0.480 e. The second kappa shape index (κ2) is 6.58. The molecule has 2 aromatic carbocycles. The summed E-state index contributed by atoms with van der Waals surface area (Å²) >= 11 is 0. The maximum atomic E-state index is 10.7. The molecule has 1 atom stereocenters. The lowest BCUT2D eigenvalue weighted by Gasteiger charge is -2.05. The van der Waals surface area contributed by atoms with Crippen molar-refractivity contribution >= 4 is 17.3 Å². The number of carbonyl (C=O) groups is 1. The van der Waals surface area contributed by atoms with Crippen LogP contribution in [0.2, 0.25) is 0 Å². The van der Waals surface area contributed by atoms with Crippen LogP contribution in [0.4, 0.5) is 11.4 Å². The Balaban J connectivity index is 2.02. The van der Waals surface area contributed by atoms with Crippen LogP contribution in [0.15, 0.2) is 64.8 Å². The van der Waals surface area contributed by atoms with E-state index >= 15 is 0 Å². The molecule has 5 nitrogen and oxygen atoms in total. The summed E-state index contributed by atoms with van der Waals surface area (Å²) in [5, 5.41) is 17.0. The van der Waals surface area contributed by atoms with Gasteiger partial charge in [0.1, 0.15) is 6.04 Å². The highest BCUT2D eigenvalue weighted by Gasteiger charge is 2.11. The Morgan fingerprint density at radius 3 is 2.10 bits per heavy atom. The van der Waals surface area contributed by atoms with Gasteiger partial charge in [0, 0.05) is 0 Å². The van der Waals surface area contributed by atoms with Crippen molar-refractivity contribution in [3.63, 3.8) is 0 Å². The quantitative estimate of drug-likeness (QED) is 0.817. The van der Waals surface area contributed by atoms with Crippen molar-refractivity contribution in [1.82, 2.24) is 0 Å². The largest absolute Gasteiger partial charge is 0.480 e. The highest BCUT2D eigenvalue weighted by molar-refractivity contribution is 5.73. The average Bonchev–Trinajstić information content (AvgIpc) is 2.47. The number of hydrogen-bond donors (Lipinski definition) is 2. The van der Waals surface area contributed by atoms with Crippen molar-refractivity contribution in [2.24, 2.45) is 16.0 Å². The maximum absolute atomic E-state index is 10.7. The molecule has 0 saturated heterocycles. The van der Waals surface area contributed by atoms with Gasteiger partial charge in [0.25, 0.3) is 0 Å². The van der Waals surface area contributed by atoms with E-state index in [1.165, 1.54) is 0 Å². The second-order valence-corrected chi connectivity index (χ2v) is 4.35. The van der Waals surface area contributed by atoms with Crippen LogP contribution in [0.5, 0.6) is 0 Å². The number of nitrogens with two attached hydrogens (primary N) is 1. The van der Waals surface area contributed by atoms with Gasteiger partial charge in [-0.3, -0.25) is 4.79 Å². The number of carboxylic acids is 1. The third-order valence-electron chi connectivity index (χ3n) is 2.75. The third kappa shape index (κ3) is 4.00. The van der Waals surface area contributed by atoms with Gasteiger partial charge in [-0.1, -0.05) is 30.3 Å². The van der Waals surface area contributed by atoms with Crippen molar-refractivity contribution in [3.8, 4) is 0 Å². The molecule has 0 radical (unpaired) electrons. The van der Waals surface area contributed by atoms with Gasteiger partial charge in [-0.25, -0.2) is 0 Å². The molecule has 2 rings (SSSR count). The lowest BCUT2D eigenvalue weighted by Crippen LogP contribution is -2.32. The van der Waals surface area contributed by atoms with Crippen LogP contribution in [0, 0.1) is 0 Å². The standard InChI is InChI=1S/C15H15N3O2/c16-14(15(19)20)10-11-6-8-13(9-7-11)18-17-12-4-2-1-3-5-12/h1-9,14H,10,16H2,(H,19,20). The number of nitrogens with zero attached hydrogens (tertiary/aromatic N) is 2. The van der Waals surface area contributed by atoms with E-state index in [2.05, 4.69) is 10.2 Å². The van der Waals surface area contributed by atoms with E-state index < -0.39 is 12.0 Å². The Hall–Kier alpha value is -2.53. The van der Waals surface area contributed by atoms with Gasteiger partial charge in [-0.15, -0.1) is 0 Å². The first-order valence-electron chi connectivity index (χ1n) is 6.19. The Kier molecular flexibility index (Phi) is 4.57. The minimum absolute atomic E-state index is 0.297. The van der Waals surface area contributed by atoms with Crippen molar-refractivity contribution in [3.05, 3.63) is 60.2 Å². The van der Waals surface area contributed by atoms with Gasteiger partial charge in [-0.2, -0.15) is 10.2 Å². The molecule has 1 unspecified atom stereocenters. The highest BCUT2D eigenvalue weighted by Crippen LogP contribution is 2.18. The predicted octanol–water partition coefficient (Wildman–Crippen LogP) is 3.06. The van der Waals surface area contributed by atoms with Crippen LogP contribution in [-0.4, -0.2) is 17.1 Å². The zero-order valence-electron chi connectivity index (χ0n) is 10.8. The SMILES string of the molecule is NC(Cc1ccc(N=Nc2ccccc2)cc1)C(=O)O. The van der Waals surface area contributed by atoms with Gasteiger partial charge in [-0.05, 0) is 36.2 Å². The fraction of sp³-hybridized carbons (Fsp3) is 0.133. The van der Waals surface area contributed by atoms with E-state index in [1.807, 2.05) is 42.5 Å². The average molecular weight is 269 g/mol. The van der Waals surface area contributed by atoms with E-state index in [0.29, 0.717) is 12.1 Å². The summed E-state index contributed by atoms with van der Waals surface area (Å²) in [4.78, 5) is 10.7. The lowest BCUT2D eigenvalue weighted by atomic mass is 10.1. The first-order valence-corrected chi connectivity index (χ1v) is 6.19. The van der Waals surface area contributed by atoms with Gasteiger partial charge in [0.15, 0.2) is 0 Å². The van der Waals surface area contributed by atoms with E-state index in [1.54, 1.807) is 12.1 Å². The fourth-order valence-electron chi connectivity index (χ4n) is 1.65. The number of aliphatic carboxylic acids is 1. The maximum Gasteiger partial charge on any atom is 0.320 e. The molecule has 0 heterocycles. The molecule has 0 aliphatic rings. The van der Waals surface area contributed by atoms with E-state index in [4.69, 9.17) is 10.8 Å². The Bertz CT molecular complexity index is 594. The minimum atomic E-state index is -1.00. The number of hydrogen-bond acceptors (Lipinski definition) is 4. The fourth-order valence-corrected chi connectivity index (χ4v) is 1.65. The summed E-state index contributed by atoms with van der Waals surface area (Å²) in [6.07, 6.45) is 0.297. The second-order valence-electron chi connectivity index (χ2n) is 4.35. The van der Waals surface area contributed by atoms with Gasteiger partial charge < -0.3 is 10.8 Å². The van der Waals surface area contributed by atoms with Crippen molar-refractivity contribution in [1.29, 1.82) is 0 Å². The normalized spacial score (nSPS) is 12.4. The van der Waals surface area contributed by atoms with Crippen molar-refractivity contribution < 1.29 is 9.90 Å². The topological polar surface area (TPSA) is 88.0 Å². The molecular weight excluding hydrogens is 254 g/mol. The molecule has 0 aliphatic carbocycles. The molecule has 0 aromatic heterocycles. The summed E-state index contributed by atoms with van der Waals surface area (Å²) in [7, 11) is 0. The molecular formula is C15H15N3O2. The van der Waals surface area contributed by atoms with Crippen LogP contribution in [0.3, 0.4) is 0 Å². The summed E-state index contributed by atoms with van der Waals surface area (Å²) in [6, 6.07) is 15.7. The molecule has 20 heavy (non-hydrogen) atoms. The Morgan fingerprint density at radius 1 is 1.00 bits per heavy atom. The molecule has 0 saturated carbocycles. The van der Waals surface area contributed by atoms with E-state index in [0.717, 1.165) is 11.3 Å². The van der Waals surface area contributed by atoms with Crippen LogP contribution in [-0.2, 0) is 11.2 Å². The molecule has 2 aromatic rings. The summed E-state index contributed by atoms with van der Waals surface area (Å²) in [5.41, 5.74) is 7.83.